The zero-order chi connectivity index (χ0) is 12.8. The zero-order valence-corrected chi connectivity index (χ0v) is 11.7. The lowest BCUT2D eigenvalue weighted by Crippen LogP contribution is -2.01. The molecule has 2 rings (SSSR count). The Hall–Kier alpha value is -1.55. The highest BCUT2D eigenvalue weighted by molar-refractivity contribution is 9.08. The minimum absolute atomic E-state index is 0.432. The Morgan fingerprint density at radius 1 is 1.17 bits per heavy atom. The maximum absolute atomic E-state index is 5.82. The summed E-state index contributed by atoms with van der Waals surface area (Å²) >= 11 is 3.45. The van der Waals surface area contributed by atoms with Gasteiger partial charge in [-0.3, -0.25) is 4.98 Å². The van der Waals surface area contributed by atoms with E-state index in [9.17, 15) is 0 Å². The van der Waals surface area contributed by atoms with Gasteiger partial charge in [0.05, 0.1) is 12.8 Å². The Labute approximate surface area is 115 Å². The first-order valence-corrected chi connectivity index (χ1v) is 6.72. The van der Waals surface area contributed by atoms with E-state index in [0.29, 0.717) is 6.61 Å². The first kappa shape index (κ1) is 12.9. The van der Waals surface area contributed by atoms with Crippen LogP contribution in [0.3, 0.4) is 0 Å². The number of pyridine rings is 1. The summed E-state index contributed by atoms with van der Waals surface area (Å²) in [6, 6.07) is 11.6. The predicted octanol–water partition coefficient (Wildman–Crippen LogP) is 3.56. The van der Waals surface area contributed by atoms with Crippen molar-refractivity contribution in [2.24, 2.45) is 0 Å². The Balaban J connectivity index is 2.17. The normalized spacial score (nSPS) is 10.1. The van der Waals surface area contributed by atoms with Crippen LogP contribution in [-0.2, 0) is 11.9 Å². The highest BCUT2D eigenvalue weighted by Crippen LogP contribution is 2.32. The lowest BCUT2D eigenvalue weighted by atomic mass is 10.2. The molecule has 0 radical (unpaired) electrons. The molecule has 0 spiro atoms. The molecule has 2 aromatic rings. The van der Waals surface area contributed by atoms with Gasteiger partial charge in [0.15, 0.2) is 11.5 Å². The molecule has 0 N–H and O–H groups in total. The Morgan fingerprint density at radius 2 is 2.06 bits per heavy atom. The minimum Gasteiger partial charge on any atom is -0.493 e. The SMILES string of the molecule is COc1cccc(CBr)c1OCc1ccccn1. The molecule has 0 atom stereocenters. The highest BCUT2D eigenvalue weighted by atomic mass is 79.9. The monoisotopic (exact) mass is 307 g/mol. The Bertz CT molecular complexity index is 480. The third-order valence-electron chi connectivity index (χ3n) is 2.51. The van der Waals surface area contributed by atoms with Crippen molar-refractivity contribution in [3.63, 3.8) is 0 Å². The second kappa shape index (κ2) is 6.40. The van der Waals surface area contributed by atoms with Crippen LogP contribution in [0.5, 0.6) is 11.5 Å². The fourth-order valence-electron chi connectivity index (χ4n) is 1.62. The van der Waals surface area contributed by atoms with E-state index in [-0.39, 0.29) is 0 Å². The first-order chi connectivity index (χ1) is 8.85. The highest BCUT2D eigenvalue weighted by Gasteiger charge is 2.09. The van der Waals surface area contributed by atoms with Gasteiger partial charge in [-0.1, -0.05) is 34.1 Å². The summed E-state index contributed by atoms with van der Waals surface area (Å²) in [5, 5.41) is 0.724. The second-order valence-electron chi connectivity index (χ2n) is 3.69. The number of alkyl halides is 1. The summed E-state index contributed by atoms with van der Waals surface area (Å²) in [7, 11) is 1.64. The van der Waals surface area contributed by atoms with Gasteiger partial charge in [-0.2, -0.15) is 0 Å². The molecule has 0 fully saturated rings. The van der Waals surface area contributed by atoms with E-state index in [2.05, 4.69) is 20.9 Å². The number of hydrogen-bond acceptors (Lipinski definition) is 3. The molecule has 94 valence electrons. The van der Waals surface area contributed by atoms with Crippen LogP contribution in [0.1, 0.15) is 11.3 Å². The van der Waals surface area contributed by atoms with Crippen LogP contribution in [0.25, 0.3) is 0 Å². The van der Waals surface area contributed by atoms with Crippen molar-refractivity contribution in [3.8, 4) is 11.5 Å². The van der Waals surface area contributed by atoms with Crippen LogP contribution in [0, 0.1) is 0 Å². The summed E-state index contributed by atoms with van der Waals surface area (Å²) < 4.78 is 11.1. The Morgan fingerprint density at radius 3 is 2.72 bits per heavy atom. The summed E-state index contributed by atoms with van der Waals surface area (Å²) in [6.45, 7) is 0.432. The van der Waals surface area contributed by atoms with Gasteiger partial charge >= 0.3 is 0 Å². The quantitative estimate of drug-likeness (QED) is 0.791. The molecule has 1 aromatic heterocycles. The summed E-state index contributed by atoms with van der Waals surface area (Å²) in [5.74, 6) is 1.51. The van der Waals surface area contributed by atoms with Crippen LogP contribution in [0.4, 0.5) is 0 Å². The van der Waals surface area contributed by atoms with Crippen molar-refractivity contribution in [3.05, 3.63) is 53.9 Å². The number of benzene rings is 1. The molecule has 0 saturated carbocycles. The molecule has 4 heteroatoms. The van der Waals surface area contributed by atoms with Crippen LogP contribution in [0.2, 0.25) is 0 Å². The molecule has 1 heterocycles. The number of nitrogens with zero attached hydrogens (tertiary/aromatic N) is 1. The average molecular weight is 308 g/mol. The number of halogens is 1. The molecule has 1 aromatic carbocycles. The van der Waals surface area contributed by atoms with E-state index in [1.165, 1.54) is 0 Å². The van der Waals surface area contributed by atoms with Crippen molar-refractivity contribution < 1.29 is 9.47 Å². The van der Waals surface area contributed by atoms with Crippen LogP contribution in [-0.4, -0.2) is 12.1 Å². The van der Waals surface area contributed by atoms with Crippen LogP contribution >= 0.6 is 15.9 Å². The number of hydrogen-bond donors (Lipinski definition) is 0. The number of ether oxygens (including phenoxy) is 2. The molecule has 18 heavy (non-hydrogen) atoms. The van der Waals surface area contributed by atoms with Crippen molar-refractivity contribution in [2.45, 2.75) is 11.9 Å². The zero-order valence-electron chi connectivity index (χ0n) is 10.1. The maximum atomic E-state index is 5.82. The van der Waals surface area contributed by atoms with E-state index in [4.69, 9.17) is 9.47 Å². The predicted molar refractivity (Wildman–Crippen MR) is 74.2 cm³/mol. The molecule has 0 unspecified atom stereocenters. The van der Waals surface area contributed by atoms with Gasteiger partial charge in [0, 0.05) is 17.1 Å². The lowest BCUT2D eigenvalue weighted by molar-refractivity contribution is 0.278. The molecule has 0 amide bonds. The second-order valence-corrected chi connectivity index (χ2v) is 4.25. The van der Waals surface area contributed by atoms with Crippen molar-refractivity contribution in [2.75, 3.05) is 7.11 Å². The lowest BCUT2D eigenvalue weighted by Gasteiger charge is -2.13. The van der Waals surface area contributed by atoms with E-state index < -0.39 is 0 Å². The molecule has 3 nitrogen and oxygen atoms in total. The maximum Gasteiger partial charge on any atom is 0.165 e. The first-order valence-electron chi connectivity index (χ1n) is 5.59. The number of methoxy groups -OCH3 is 1. The minimum atomic E-state index is 0.432. The van der Waals surface area contributed by atoms with E-state index >= 15 is 0 Å². The molecular formula is C14H14BrNO2. The molecular weight excluding hydrogens is 294 g/mol. The Kier molecular flexibility index (Phi) is 4.59. The molecule has 0 saturated heterocycles. The fraction of sp³-hybridized carbons (Fsp3) is 0.214. The van der Waals surface area contributed by atoms with Crippen molar-refractivity contribution in [1.29, 1.82) is 0 Å². The average Bonchev–Trinajstić information content (AvgIpc) is 2.45. The van der Waals surface area contributed by atoms with Gasteiger partial charge in [0.2, 0.25) is 0 Å². The fourth-order valence-corrected chi connectivity index (χ4v) is 2.06. The van der Waals surface area contributed by atoms with Crippen molar-refractivity contribution >= 4 is 15.9 Å². The number of aromatic nitrogens is 1. The van der Waals surface area contributed by atoms with Gasteiger partial charge in [-0.05, 0) is 18.2 Å². The summed E-state index contributed by atoms with van der Waals surface area (Å²) in [5.41, 5.74) is 1.95. The summed E-state index contributed by atoms with van der Waals surface area (Å²) in [4.78, 5) is 4.23. The van der Waals surface area contributed by atoms with E-state index in [0.717, 1.165) is 28.1 Å². The van der Waals surface area contributed by atoms with Crippen LogP contribution in [0.15, 0.2) is 42.6 Å². The van der Waals surface area contributed by atoms with Gasteiger partial charge in [-0.15, -0.1) is 0 Å². The van der Waals surface area contributed by atoms with E-state index in [1.54, 1.807) is 13.3 Å². The van der Waals surface area contributed by atoms with Gasteiger partial charge in [0.25, 0.3) is 0 Å². The molecule has 0 bridgehead atoms. The summed E-state index contributed by atoms with van der Waals surface area (Å²) in [6.07, 6.45) is 1.76. The van der Waals surface area contributed by atoms with Crippen LogP contribution < -0.4 is 9.47 Å². The number of rotatable bonds is 5. The largest absolute Gasteiger partial charge is 0.493 e. The third-order valence-corrected chi connectivity index (χ3v) is 3.12. The topological polar surface area (TPSA) is 31.4 Å². The molecule has 0 aliphatic carbocycles. The van der Waals surface area contributed by atoms with Gasteiger partial charge in [0.1, 0.15) is 6.61 Å². The third kappa shape index (κ3) is 3.01. The smallest absolute Gasteiger partial charge is 0.165 e. The molecule has 0 aliphatic heterocycles. The van der Waals surface area contributed by atoms with Crippen molar-refractivity contribution in [1.82, 2.24) is 4.98 Å². The van der Waals surface area contributed by atoms with Gasteiger partial charge < -0.3 is 9.47 Å². The molecule has 0 aliphatic rings. The van der Waals surface area contributed by atoms with Gasteiger partial charge in [-0.25, -0.2) is 0 Å². The number of para-hydroxylation sites is 1. The standard InChI is InChI=1S/C14H14BrNO2/c1-17-13-7-4-5-11(9-15)14(13)18-10-12-6-2-3-8-16-12/h2-8H,9-10H2,1H3. The van der Waals surface area contributed by atoms with E-state index in [1.807, 2.05) is 36.4 Å².